The smallest absolute Gasteiger partial charge is 0.314 e. The van der Waals surface area contributed by atoms with E-state index >= 15 is 0 Å². The lowest BCUT2D eigenvalue weighted by Crippen LogP contribution is -2.25. The Morgan fingerprint density at radius 3 is 2.46 bits per heavy atom. The summed E-state index contributed by atoms with van der Waals surface area (Å²) in [5.74, 6) is 0.989. The lowest BCUT2D eigenvalue weighted by atomic mass is 9.80. The van der Waals surface area contributed by atoms with Gasteiger partial charge in [-0.1, -0.05) is 38.3 Å². The van der Waals surface area contributed by atoms with Gasteiger partial charge in [-0.15, -0.1) is 0 Å². The Bertz CT molecular complexity index is 734. The standard InChI is InChI=1S/C24H30FNO2/c1-2-3-4-18-5-10-20(11-6-18)24(27)28-23-16-15-22(26-17-23)14-9-19-7-12-21(25)13-8-19/h7-8,12-13,15-18,20H,2-6,9-11,14H2,1H3/t18-,20-. The topological polar surface area (TPSA) is 39.2 Å². The van der Waals surface area contributed by atoms with E-state index in [0.717, 1.165) is 55.7 Å². The van der Waals surface area contributed by atoms with Crippen molar-refractivity contribution in [2.24, 2.45) is 11.8 Å². The van der Waals surface area contributed by atoms with Crippen molar-refractivity contribution in [1.82, 2.24) is 4.98 Å². The van der Waals surface area contributed by atoms with E-state index < -0.39 is 0 Å². The molecule has 0 bridgehead atoms. The van der Waals surface area contributed by atoms with Gasteiger partial charge in [-0.05, 0) is 74.3 Å². The third-order valence-corrected chi connectivity index (χ3v) is 5.75. The van der Waals surface area contributed by atoms with Gasteiger partial charge < -0.3 is 4.74 Å². The summed E-state index contributed by atoms with van der Waals surface area (Å²) in [6, 6.07) is 10.3. The second-order valence-corrected chi connectivity index (χ2v) is 7.89. The summed E-state index contributed by atoms with van der Waals surface area (Å²) in [6.45, 7) is 2.23. The number of carbonyl (C=O) groups is 1. The molecule has 1 heterocycles. The third kappa shape index (κ3) is 6.15. The fourth-order valence-electron chi connectivity index (χ4n) is 3.92. The molecule has 1 aromatic heterocycles. The van der Waals surface area contributed by atoms with E-state index in [0.29, 0.717) is 5.75 Å². The Morgan fingerprint density at radius 1 is 1.07 bits per heavy atom. The predicted molar refractivity (Wildman–Crippen MR) is 109 cm³/mol. The van der Waals surface area contributed by atoms with Crippen molar-refractivity contribution in [2.75, 3.05) is 0 Å². The summed E-state index contributed by atoms with van der Waals surface area (Å²) >= 11 is 0. The summed E-state index contributed by atoms with van der Waals surface area (Å²) in [5.41, 5.74) is 2.01. The fraction of sp³-hybridized carbons (Fsp3) is 0.500. The number of benzene rings is 1. The highest BCUT2D eigenvalue weighted by molar-refractivity contribution is 5.75. The first-order chi connectivity index (χ1) is 13.6. The van der Waals surface area contributed by atoms with E-state index in [-0.39, 0.29) is 17.7 Å². The van der Waals surface area contributed by atoms with Crippen LogP contribution in [0.5, 0.6) is 5.75 Å². The number of ether oxygens (including phenoxy) is 1. The maximum Gasteiger partial charge on any atom is 0.314 e. The minimum absolute atomic E-state index is 0.0241. The highest BCUT2D eigenvalue weighted by Crippen LogP contribution is 2.32. The Hall–Kier alpha value is -2.23. The van der Waals surface area contributed by atoms with E-state index in [1.54, 1.807) is 18.3 Å². The molecular weight excluding hydrogens is 353 g/mol. The number of nitrogens with zero attached hydrogens (tertiary/aromatic N) is 1. The maximum absolute atomic E-state index is 12.9. The van der Waals surface area contributed by atoms with Gasteiger partial charge in [-0.3, -0.25) is 9.78 Å². The molecule has 1 saturated carbocycles. The molecule has 2 aromatic rings. The van der Waals surface area contributed by atoms with E-state index in [1.165, 1.54) is 31.4 Å². The normalized spacial score (nSPS) is 19.4. The molecule has 0 amide bonds. The van der Waals surface area contributed by atoms with Crippen LogP contribution in [0.15, 0.2) is 42.6 Å². The number of hydrogen-bond donors (Lipinski definition) is 0. The van der Waals surface area contributed by atoms with E-state index in [2.05, 4.69) is 11.9 Å². The van der Waals surface area contributed by atoms with E-state index in [1.807, 2.05) is 12.1 Å². The zero-order valence-electron chi connectivity index (χ0n) is 16.7. The van der Waals surface area contributed by atoms with Gasteiger partial charge in [-0.2, -0.15) is 0 Å². The van der Waals surface area contributed by atoms with Crippen LogP contribution in [-0.2, 0) is 17.6 Å². The van der Waals surface area contributed by atoms with Gasteiger partial charge in [0.2, 0.25) is 0 Å². The van der Waals surface area contributed by atoms with Crippen LogP contribution in [0.1, 0.15) is 63.1 Å². The first kappa shape index (κ1) is 20.5. The molecule has 0 saturated heterocycles. The number of esters is 1. The Labute approximate surface area is 167 Å². The molecule has 1 aliphatic carbocycles. The zero-order valence-corrected chi connectivity index (χ0v) is 16.7. The number of rotatable bonds is 8. The quantitative estimate of drug-likeness (QED) is 0.532. The van der Waals surface area contributed by atoms with Gasteiger partial charge in [0, 0.05) is 5.69 Å². The number of aryl methyl sites for hydroxylation is 2. The minimum atomic E-state index is -0.220. The van der Waals surface area contributed by atoms with Crippen molar-refractivity contribution in [1.29, 1.82) is 0 Å². The van der Waals surface area contributed by atoms with Gasteiger partial charge in [0.05, 0.1) is 12.1 Å². The molecule has 3 nitrogen and oxygen atoms in total. The maximum atomic E-state index is 12.9. The molecule has 0 radical (unpaired) electrons. The lowest BCUT2D eigenvalue weighted by molar-refractivity contribution is -0.140. The third-order valence-electron chi connectivity index (χ3n) is 5.75. The average Bonchev–Trinajstić information content (AvgIpc) is 2.73. The lowest BCUT2D eigenvalue weighted by Gasteiger charge is -2.27. The van der Waals surface area contributed by atoms with Crippen LogP contribution in [0.4, 0.5) is 4.39 Å². The highest BCUT2D eigenvalue weighted by atomic mass is 19.1. The van der Waals surface area contributed by atoms with Gasteiger partial charge in [-0.25, -0.2) is 4.39 Å². The van der Waals surface area contributed by atoms with Crippen LogP contribution in [0.3, 0.4) is 0 Å². The van der Waals surface area contributed by atoms with Crippen molar-refractivity contribution in [3.05, 3.63) is 59.7 Å². The van der Waals surface area contributed by atoms with E-state index in [9.17, 15) is 9.18 Å². The van der Waals surface area contributed by atoms with E-state index in [4.69, 9.17) is 4.74 Å². The number of pyridine rings is 1. The molecule has 28 heavy (non-hydrogen) atoms. The monoisotopic (exact) mass is 383 g/mol. The molecule has 0 aliphatic heterocycles. The Kier molecular flexibility index (Phi) is 7.58. The van der Waals surface area contributed by atoms with Crippen molar-refractivity contribution in [3.63, 3.8) is 0 Å². The van der Waals surface area contributed by atoms with Crippen LogP contribution in [-0.4, -0.2) is 11.0 Å². The summed E-state index contributed by atoms with van der Waals surface area (Å²) < 4.78 is 18.5. The van der Waals surface area contributed by atoms with Crippen LogP contribution in [0.2, 0.25) is 0 Å². The predicted octanol–water partition coefficient (Wildman–Crippen LogP) is 5.91. The molecule has 0 N–H and O–H groups in total. The summed E-state index contributed by atoms with van der Waals surface area (Å²) in [4.78, 5) is 16.8. The van der Waals surface area contributed by atoms with Crippen LogP contribution < -0.4 is 4.74 Å². The molecule has 0 atom stereocenters. The molecular formula is C24H30FNO2. The molecule has 1 fully saturated rings. The Morgan fingerprint density at radius 2 is 1.82 bits per heavy atom. The largest absolute Gasteiger partial charge is 0.425 e. The van der Waals surface area contributed by atoms with Crippen molar-refractivity contribution in [2.45, 2.75) is 64.7 Å². The highest BCUT2D eigenvalue weighted by Gasteiger charge is 2.27. The van der Waals surface area contributed by atoms with Crippen LogP contribution in [0.25, 0.3) is 0 Å². The number of hydrogen-bond acceptors (Lipinski definition) is 3. The summed E-state index contributed by atoms with van der Waals surface area (Å²) in [5, 5.41) is 0. The molecule has 150 valence electrons. The molecule has 4 heteroatoms. The zero-order chi connectivity index (χ0) is 19.8. The number of carbonyl (C=O) groups excluding carboxylic acids is 1. The number of aromatic nitrogens is 1. The SMILES string of the molecule is CCCC[C@H]1CC[C@H](C(=O)Oc2ccc(CCc3ccc(F)cc3)nc2)CC1. The number of unbranched alkanes of at least 4 members (excludes halogenated alkanes) is 1. The van der Waals surface area contributed by atoms with Crippen molar-refractivity contribution in [3.8, 4) is 5.75 Å². The summed E-state index contributed by atoms with van der Waals surface area (Å²) in [6.07, 6.45) is 11.2. The second kappa shape index (κ2) is 10.4. The molecule has 1 aromatic carbocycles. The van der Waals surface area contributed by atoms with Crippen molar-refractivity contribution < 1.29 is 13.9 Å². The summed E-state index contributed by atoms with van der Waals surface area (Å²) in [7, 11) is 0. The van der Waals surface area contributed by atoms with Gasteiger partial charge >= 0.3 is 5.97 Å². The molecule has 3 rings (SSSR count). The van der Waals surface area contributed by atoms with Gasteiger partial charge in [0.15, 0.2) is 0 Å². The van der Waals surface area contributed by atoms with Crippen LogP contribution in [0, 0.1) is 17.7 Å². The first-order valence-electron chi connectivity index (χ1n) is 10.5. The van der Waals surface area contributed by atoms with Crippen LogP contribution >= 0.6 is 0 Å². The first-order valence-corrected chi connectivity index (χ1v) is 10.5. The Balaban J connectivity index is 1.43. The van der Waals surface area contributed by atoms with Gasteiger partial charge in [0.25, 0.3) is 0 Å². The molecule has 0 unspecified atom stereocenters. The number of halogens is 1. The minimum Gasteiger partial charge on any atom is -0.425 e. The molecule has 1 aliphatic rings. The van der Waals surface area contributed by atoms with Gasteiger partial charge in [0.1, 0.15) is 11.6 Å². The second-order valence-electron chi connectivity index (χ2n) is 7.89. The van der Waals surface area contributed by atoms with Crippen molar-refractivity contribution >= 4 is 5.97 Å². The average molecular weight is 384 g/mol. The molecule has 0 spiro atoms. The fourth-order valence-corrected chi connectivity index (χ4v) is 3.92.